The van der Waals surface area contributed by atoms with Gasteiger partial charge in [0.1, 0.15) is 0 Å². The zero-order chi connectivity index (χ0) is 7.56. The molecular weight excluding hydrogens is 142 g/mol. The van der Waals surface area contributed by atoms with Crippen LogP contribution in [0.1, 0.15) is 12.8 Å². The Hall–Kier alpha value is -0.670. The molecule has 2 nitrogen and oxygen atoms in total. The lowest BCUT2D eigenvalue weighted by Crippen LogP contribution is -2.11. The first kappa shape index (κ1) is 7.44. The van der Waals surface area contributed by atoms with Crippen LogP contribution in [0.4, 0.5) is 8.78 Å². The Balaban J connectivity index is 2.33. The second kappa shape index (κ2) is 2.94. The zero-order valence-electron chi connectivity index (χ0n) is 5.35. The number of rotatable bonds is 2. The van der Waals surface area contributed by atoms with E-state index in [0.29, 0.717) is 13.0 Å². The number of cyclic esters (lactones) is 1. The van der Waals surface area contributed by atoms with Gasteiger partial charge >= 0.3 is 5.97 Å². The second-order valence-electron chi connectivity index (χ2n) is 2.28. The maximum Gasteiger partial charge on any atom is 0.309 e. The lowest BCUT2D eigenvalue weighted by atomic mass is 10.1. The van der Waals surface area contributed by atoms with Gasteiger partial charge in [0.15, 0.2) is 0 Å². The van der Waals surface area contributed by atoms with E-state index in [1.807, 2.05) is 0 Å². The first-order chi connectivity index (χ1) is 4.70. The van der Waals surface area contributed by atoms with Gasteiger partial charge in [0.2, 0.25) is 6.43 Å². The smallest absolute Gasteiger partial charge is 0.309 e. The lowest BCUT2D eigenvalue weighted by Gasteiger charge is -2.01. The van der Waals surface area contributed by atoms with Gasteiger partial charge in [-0.15, -0.1) is 0 Å². The van der Waals surface area contributed by atoms with E-state index in [2.05, 4.69) is 4.74 Å². The van der Waals surface area contributed by atoms with Crippen LogP contribution in [0.15, 0.2) is 0 Å². The number of carbonyl (C=O) groups excluding carboxylic acids is 1. The predicted molar refractivity (Wildman–Crippen MR) is 29.7 cm³/mol. The minimum atomic E-state index is -2.39. The summed E-state index contributed by atoms with van der Waals surface area (Å²) in [6.45, 7) is 0.302. The van der Waals surface area contributed by atoms with Gasteiger partial charge in [-0.05, 0) is 6.42 Å². The van der Waals surface area contributed by atoms with Gasteiger partial charge in [-0.1, -0.05) is 0 Å². The molecule has 4 heteroatoms. The first-order valence-electron chi connectivity index (χ1n) is 3.15. The number of halogens is 2. The summed E-state index contributed by atoms with van der Waals surface area (Å²) < 4.78 is 27.8. The molecule has 0 aromatic carbocycles. The summed E-state index contributed by atoms with van der Waals surface area (Å²) in [5.74, 6) is -1.03. The predicted octanol–water partition coefficient (Wildman–Crippen LogP) is 1.20. The summed E-state index contributed by atoms with van der Waals surface area (Å²) in [7, 11) is 0. The molecule has 1 fully saturated rings. The Morgan fingerprint density at radius 2 is 2.40 bits per heavy atom. The van der Waals surface area contributed by atoms with Gasteiger partial charge in [-0.25, -0.2) is 8.78 Å². The van der Waals surface area contributed by atoms with Crippen LogP contribution < -0.4 is 0 Å². The Kier molecular flexibility index (Phi) is 2.19. The van der Waals surface area contributed by atoms with Crippen LogP contribution in [0.5, 0.6) is 0 Å². The fourth-order valence-electron chi connectivity index (χ4n) is 0.967. The number of hydrogen-bond donors (Lipinski definition) is 0. The van der Waals surface area contributed by atoms with Crippen LogP contribution in [0, 0.1) is 5.92 Å². The van der Waals surface area contributed by atoms with Crippen LogP contribution in [0.3, 0.4) is 0 Å². The van der Waals surface area contributed by atoms with Crippen molar-refractivity contribution in [2.45, 2.75) is 19.3 Å². The van der Waals surface area contributed by atoms with Gasteiger partial charge in [-0.2, -0.15) is 0 Å². The Morgan fingerprint density at radius 3 is 2.80 bits per heavy atom. The summed E-state index contributed by atoms with van der Waals surface area (Å²) in [6.07, 6.45) is -2.29. The lowest BCUT2D eigenvalue weighted by molar-refractivity contribution is -0.142. The van der Waals surface area contributed by atoms with E-state index in [9.17, 15) is 13.6 Å². The molecule has 58 valence electrons. The van der Waals surface area contributed by atoms with Crippen molar-refractivity contribution in [3.63, 3.8) is 0 Å². The SMILES string of the molecule is O=C1OCCC1CC(F)F. The Morgan fingerprint density at radius 1 is 1.70 bits per heavy atom. The molecule has 0 saturated carbocycles. The molecule has 0 aromatic rings. The van der Waals surface area contributed by atoms with E-state index in [0.717, 1.165) is 0 Å². The van der Waals surface area contributed by atoms with E-state index in [1.165, 1.54) is 0 Å². The Labute approximate surface area is 57.2 Å². The van der Waals surface area contributed by atoms with E-state index >= 15 is 0 Å². The van der Waals surface area contributed by atoms with Crippen LogP contribution in [-0.2, 0) is 9.53 Å². The first-order valence-corrected chi connectivity index (χ1v) is 3.15. The van der Waals surface area contributed by atoms with Crippen LogP contribution in [0.25, 0.3) is 0 Å². The van der Waals surface area contributed by atoms with Gasteiger partial charge in [0.05, 0.1) is 12.5 Å². The highest BCUT2D eigenvalue weighted by Gasteiger charge is 2.28. The highest BCUT2D eigenvalue weighted by atomic mass is 19.3. The minimum absolute atomic E-state index is 0.302. The largest absolute Gasteiger partial charge is 0.465 e. The topological polar surface area (TPSA) is 26.3 Å². The van der Waals surface area contributed by atoms with Crippen molar-refractivity contribution < 1.29 is 18.3 Å². The fourth-order valence-corrected chi connectivity index (χ4v) is 0.967. The summed E-state index contributed by atoms with van der Waals surface area (Å²) >= 11 is 0. The van der Waals surface area contributed by atoms with Gasteiger partial charge in [-0.3, -0.25) is 4.79 Å². The van der Waals surface area contributed by atoms with Crippen molar-refractivity contribution in [1.29, 1.82) is 0 Å². The number of carbonyl (C=O) groups is 1. The average Bonchev–Trinajstić information content (AvgIpc) is 2.15. The molecule has 1 aliphatic heterocycles. The molecule has 0 amide bonds. The van der Waals surface area contributed by atoms with Crippen molar-refractivity contribution in [2.75, 3.05) is 6.61 Å². The third-order valence-electron chi connectivity index (χ3n) is 1.51. The van der Waals surface area contributed by atoms with E-state index in [-0.39, 0.29) is 6.42 Å². The maximum atomic E-state index is 11.7. The van der Waals surface area contributed by atoms with Crippen molar-refractivity contribution in [3.8, 4) is 0 Å². The zero-order valence-corrected chi connectivity index (χ0v) is 5.35. The molecule has 1 saturated heterocycles. The third-order valence-corrected chi connectivity index (χ3v) is 1.51. The molecule has 1 heterocycles. The van der Waals surface area contributed by atoms with E-state index in [4.69, 9.17) is 0 Å². The molecular formula is C6H8F2O2. The van der Waals surface area contributed by atoms with E-state index in [1.54, 1.807) is 0 Å². The number of esters is 1. The quantitative estimate of drug-likeness (QED) is 0.553. The fraction of sp³-hybridized carbons (Fsp3) is 0.833. The van der Waals surface area contributed by atoms with Crippen molar-refractivity contribution >= 4 is 5.97 Å². The molecule has 0 N–H and O–H groups in total. The normalized spacial score (nSPS) is 25.5. The van der Waals surface area contributed by atoms with Gasteiger partial charge in [0.25, 0.3) is 0 Å². The minimum Gasteiger partial charge on any atom is -0.465 e. The van der Waals surface area contributed by atoms with Crippen molar-refractivity contribution in [3.05, 3.63) is 0 Å². The summed E-state index contributed by atoms with van der Waals surface area (Å²) in [6, 6.07) is 0. The summed E-state index contributed by atoms with van der Waals surface area (Å²) in [5, 5.41) is 0. The standard InChI is InChI=1S/C6H8F2O2/c7-5(8)3-4-1-2-10-6(4)9/h4-5H,1-3H2. The molecule has 1 unspecified atom stereocenters. The molecule has 0 aliphatic carbocycles. The highest BCUT2D eigenvalue weighted by molar-refractivity contribution is 5.74. The average molecular weight is 150 g/mol. The molecule has 1 rings (SSSR count). The summed E-state index contributed by atoms with van der Waals surface area (Å²) in [4.78, 5) is 10.6. The molecule has 1 atom stereocenters. The van der Waals surface area contributed by atoms with Crippen LogP contribution in [-0.4, -0.2) is 19.0 Å². The second-order valence-corrected chi connectivity index (χ2v) is 2.28. The Bertz CT molecular complexity index is 136. The molecule has 0 radical (unpaired) electrons. The van der Waals surface area contributed by atoms with Gasteiger partial charge in [0, 0.05) is 6.42 Å². The van der Waals surface area contributed by atoms with Crippen LogP contribution in [0.2, 0.25) is 0 Å². The van der Waals surface area contributed by atoms with Crippen molar-refractivity contribution in [2.24, 2.45) is 5.92 Å². The third kappa shape index (κ3) is 1.65. The maximum absolute atomic E-state index is 11.7. The van der Waals surface area contributed by atoms with Crippen molar-refractivity contribution in [1.82, 2.24) is 0 Å². The van der Waals surface area contributed by atoms with Gasteiger partial charge < -0.3 is 4.74 Å². The number of alkyl halides is 2. The van der Waals surface area contributed by atoms with E-state index < -0.39 is 18.3 Å². The number of hydrogen-bond acceptors (Lipinski definition) is 2. The molecule has 0 spiro atoms. The molecule has 10 heavy (non-hydrogen) atoms. The molecule has 0 aromatic heterocycles. The molecule has 0 bridgehead atoms. The summed E-state index contributed by atoms with van der Waals surface area (Å²) in [5.41, 5.74) is 0. The van der Waals surface area contributed by atoms with Crippen LogP contribution >= 0.6 is 0 Å². The number of ether oxygens (including phenoxy) is 1. The monoisotopic (exact) mass is 150 g/mol. The molecule has 1 aliphatic rings. The highest BCUT2D eigenvalue weighted by Crippen LogP contribution is 2.21.